The van der Waals surface area contributed by atoms with E-state index in [0.29, 0.717) is 17.8 Å². The molecule has 2 aromatic heterocycles. The molecule has 1 aliphatic carbocycles. The summed E-state index contributed by atoms with van der Waals surface area (Å²) in [7, 11) is 3.50. The van der Waals surface area contributed by atoms with Crippen LogP contribution in [0.1, 0.15) is 35.7 Å². The van der Waals surface area contributed by atoms with E-state index in [-0.39, 0.29) is 24.1 Å². The number of nitrogens with zero attached hydrogens (tertiary/aromatic N) is 5. The van der Waals surface area contributed by atoms with E-state index in [9.17, 15) is 4.79 Å². The van der Waals surface area contributed by atoms with Crippen LogP contribution in [0.15, 0.2) is 36.8 Å². The third-order valence-electron chi connectivity index (χ3n) is 6.98. The van der Waals surface area contributed by atoms with Crippen LogP contribution in [0, 0.1) is 0 Å². The number of aromatic nitrogens is 5. The second-order valence-corrected chi connectivity index (χ2v) is 8.84. The van der Waals surface area contributed by atoms with Crippen molar-refractivity contribution in [1.82, 2.24) is 29.5 Å². The summed E-state index contributed by atoms with van der Waals surface area (Å²) < 4.78 is 14.8. The summed E-state index contributed by atoms with van der Waals surface area (Å²) in [5.41, 5.74) is 3.58. The van der Waals surface area contributed by atoms with Crippen LogP contribution >= 0.6 is 0 Å². The fraction of sp³-hybridized carbons (Fsp3) is 0.417. The Labute approximate surface area is 196 Å². The third kappa shape index (κ3) is 3.33. The number of pyridine rings is 1. The number of hydrogen-bond acceptors (Lipinski definition) is 7. The predicted octanol–water partition coefficient (Wildman–Crippen LogP) is 2.61. The molecule has 10 heteroatoms. The molecule has 1 saturated heterocycles. The molecule has 2 aromatic rings. The molecule has 176 valence electrons. The maximum atomic E-state index is 13.1. The molecule has 3 aliphatic heterocycles. The Morgan fingerprint density at radius 1 is 1.24 bits per heavy atom. The molecule has 2 fully saturated rings. The smallest absolute Gasteiger partial charge is 0.257 e. The van der Waals surface area contributed by atoms with Gasteiger partial charge in [-0.25, -0.2) is 9.97 Å². The molecule has 0 radical (unpaired) electrons. The average Bonchev–Trinajstić information content (AvgIpc) is 3.60. The number of methoxy groups -OCH3 is 1. The molecule has 5 heterocycles. The molecule has 0 bridgehead atoms. The Morgan fingerprint density at radius 2 is 2.15 bits per heavy atom. The highest BCUT2D eigenvalue weighted by Crippen LogP contribution is 2.36. The average molecular weight is 462 g/mol. The Bertz CT molecular complexity index is 1320. The molecule has 0 aromatic carbocycles. The molecule has 0 spiro atoms. The largest absolute Gasteiger partial charge is 0.379 e. The van der Waals surface area contributed by atoms with Gasteiger partial charge in [-0.15, -0.1) is 0 Å². The zero-order valence-electron chi connectivity index (χ0n) is 19.2. The lowest BCUT2D eigenvalue weighted by Gasteiger charge is -2.35. The van der Waals surface area contributed by atoms with Crippen molar-refractivity contribution in [2.75, 3.05) is 32.7 Å². The van der Waals surface area contributed by atoms with Gasteiger partial charge in [-0.1, -0.05) is 0 Å². The van der Waals surface area contributed by atoms with Gasteiger partial charge in [0.05, 0.1) is 36.7 Å². The molecule has 1 saturated carbocycles. The van der Waals surface area contributed by atoms with Crippen molar-refractivity contribution in [3.63, 3.8) is 0 Å². The van der Waals surface area contributed by atoms with Crippen molar-refractivity contribution >= 4 is 17.4 Å². The number of carbonyl (C=O) groups is 1. The number of ether oxygens (including phenoxy) is 2. The Hall–Kier alpha value is -3.50. The van der Waals surface area contributed by atoms with E-state index >= 15 is 0 Å². The van der Waals surface area contributed by atoms with E-state index in [2.05, 4.69) is 32.6 Å². The van der Waals surface area contributed by atoms with E-state index in [1.54, 1.807) is 17.8 Å². The van der Waals surface area contributed by atoms with Gasteiger partial charge in [0.1, 0.15) is 17.2 Å². The predicted molar refractivity (Wildman–Crippen MR) is 126 cm³/mol. The van der Waals surface area contributed by atoms with Crippen LogP contribution in [-0.4, -0.2) is 69.6 Å². The van der Waals surface area contributed by atoms with E-state index in [1.165, 1.54) is 0 Å². The van der Waals surface area contributed by atoms with Crippen LogP contribution in [-0.2, 0) is 9.47 Å². The number of anilines is 1. The highest BCUT2D eigenvalue weighted by atomic mass is 16.5. The summed E-state index contributed by atoms with van der Waals surface area (Å²) in [6, 6.07) is 6.31. The van der Waals surface area contributed by atoms with E-state index < -0.39 is 0 Å². The van der Waals surface area contributed by atoms with Crippen LogP contribution in [0.3, 0.4) is 0 Å². The van der Waals surface area contributed by atoms with Crippen molar-refractivity contribution in [3.05, 3.63) is 42.4 Å². The monoisotopic (exact) mass is 461 g/mol. The Morgan fingerprint density at radius 3 is 2.88 bits per heavy atom. The number of rotatable bonds is 6. The highest BCUT2D eigenvalue weighted by molar-refractivity contribution is 6.00. The zero-order valence-corrected chi connectivity index (χ0v) is 19.2. The summed E-state index contributed by atoms with van der Waals surface area (Å²) in [5.74, 6) is 1.44. The van der Waals surface area contributed by atoms with Gasteiger partial charge in [0.25, 0.3) is 5.91 Å². The SMILES string of the molecule is CNc1cc(-c2cnc3n([C@@H]4CCOC4)cccc2-3)nc2c(C(=O)N[C@H]3CC[C@@H]3OC)cnn12. The van der Waals surface area contributed by atoms with Gasteiger partial charge < -0.3 is 24.7 Å². The number of fused-ring (bicyclic) bond motifs is 2. The van der Waals surface area contributed by atoms with Crippen molar-refractivity contribution in [2.45, 2.75) is 37.5 Å². The topological polar surface area (TPSA) is 108 Å². The van der Waals surface area contributed by atoms with Gasteiger partial charge >= 0.3 is 0 Å². The molecular weight excluding hydrogens is 434 g/mol. The fourth-order valence-electron chi connectivity index (χ4n) is 4.90. The molecule has 2 N–H and O–H groups in total. The second kappa shape index (κ2) is 8.37. The van der Waals surface area contributed by atoms with Crippen LogP contribution < -0.4 is 10.6 Å². The Kier molecular flexibility index (Phi) is 5.19. The summed E-state index contributed by atoms with van der Waals surface area (Å²) >= 11 is 0. The second-order valence-electron chi connectivity index (χ2n) is 8.84. The summed E-state index contributed by atoms with van der Waals surface area (Å²) in [6.45, 7) is 1.46. The first-order chi connectivity index (χ1) is 16.7. The molecule has 34 heavy (non-hydrogen) atoms. The minimum absolute atomic E-state index is 0.0117. The van der Waals surface area contributed by atoms with Crippen LogP contribution in [0.4, 0.5) is 5.82 Å². The maximum Gasteiger partial charge on any atom is 0.257 e. The lowest BCUT2D eigenvalue weighted by Crippen LogP contribution is -2.51. The van der Waals surface area contributed by atoms with Crippen molar-refractivity contribution in [3.8, 4) is 22.6 Å². The van der Waals surface area contributed by atoms with E-state index in [4.69, 9.17) is 19.4 Å². The molecule has 0 unspecified atom stereocenters. The van der Waals surface area contributed by atoms with Crippen molar-refractivity contribution < 1.29 is 14.3 Å². The van der Waals surface area contributed by atoms with Crippen LogP contribution in [0.25, 0.3) is 28.3 Å². The molecule has 6 rings (SSSR count). The van der Waals surface area contributed by atoms with Crippen LogP contribution in [0.5, 0.6) is 0 Å². The maximum absolute atomic E-state index is 13.1. The zero-order chi connectivity index (χ0) is 23.2. The van der Waals surface area contributed by atoms with Gasteiger partial charge in [-0.2, -0.15) is 9.61 Å². The summed E-state index contributed by atoms with van der Waals surface area (Å²) in [5, 5.41) is 10.7. The Balaban J connectivity index is 1.39. The normalized spacial score (nSPS) is 22.2. The van der Waals surface area contributed by atoms with Gasteiger partial charge in [0, 0.05) is 50.4 Å². The van der Waals surface area contributed by atoms with Crippen LogP contribution in [0.2, 0.25) is 0 Å². The number of nitrogens with one attached hydrogen (secondary N) is 2. The summed E-state index contributed by atoms with van der Waals surface area (Å²) in [4.78, 5) is 22.7. The van der Waals surface area contributed by atoms with Gasteiger partial charge in [0.15, 0.2) is 5.65 Å². The highest BCUT2D eigenvalue weighted by Gasteiger charge is 2.33. The number of carbonyl (C=O) groups excluding carboxylic acids is 1. The molecule has 1 amide bonds. The molecule has 3 atom stereocenters. The first-order valence-electron chi connectivity index (χ1n) is 11.6. The van der Waals surface area contributed by atoms with Gasteiger partial charge in [-0.05, 0) is 31.4 Å². The minimum atomic E-state index is -0.196. The van der Waals surface area contributed by atoms with Crippen molar-refractivity contribution in [1.29, 1.82) is 0 Å². The van der Waals surface area contributed by atoms with Crippen molar-refractivity contribution in [2.24, 2.45) is 0 Å². The lowest BCUT2D eigenvalue weighted by atomic mass is 9.89. The van der Waals surface area contributed by atoms with E-state index in [0.717, 1.165) is 54.3 Å². The van der Waals surface area contributed by atoms with Gasteiger partial charge in [-0.3, -0.25) is 4.79 Å². The molecule has 4 aliphatic rings. The molecule has 10 nitrogen and oxygen atoms in total. The lowest BCUT2D eigenvalue weighted by molar-refractivity contribution is 0.00732. The van der Waals surface area contributed by atoms with Gasteiger partial charge in [0.2, 0.25) is 0 Å². The van der Waals surface area contributed by atoms with E-state index in [1.807, 2.05) is 25.4 Å². The minimum Gasteiger partial charge on any atom is -0.379 e. The standard InChI is InChI=1S/C24H27N7O3/c1-25-21-10-19(16-11-26-22-15(16)4-3-8-30(22)14-7-9-34-13-14)28-23-17(12-27-31(21)23)24(32)29-18-5-6-20(18)33-2/h3-4,8,10-12,14,18,20,25H,5-7,9,13H2,1-2H3,(H,29,32)/t14-,18+,20+/m1/s1. The number of amides is 1. The quantitative estimate of drug-likeness (QED) is 0.454. The fourth-order valence-corrected chi connectivity index (χ4v) is 4.90. The number of hydrogen-bond donors (Lipinski definition) is 2. The molecular formula is C24H27N7O3. The third-order valence-corrected chi connectivity index (χ3v) is 6.98. The summed E-state index contributed by atoms with van der Waals surface area (Å²) in [6.07, 6.45) is 8.36. The first-order valence-corrected chi connectivity index (χ1v) is 11.6. The first kappa shape index (κ1) is 21.1.